The highest BCUT2D eigenvalue weighted by molar-refractivity contribution is 5.97. The summed E-state index contributed by atoms with van der Waals surface area (Å²) in [5.41, 5.74) is 0.875. The van der Waals surface area contributed by atoms with E-state index in [0.717, 1.165) is 18.5 Å². The molecule has 2 aliphatic rings. The van der Waals surface area contributed by atoms with Gasteiger partial charge in [0.15, 0.2) is 0 Å². The standard InChI is InChI=1S/C15H17NO2/c17-13-7-4-8-15(9-13)10-14(18)16(11-15)12-5-2-1-3-6-12/h1-3,5-6H,4,7-11H2. The second kappa shape index (κ2) is 4.23. The van der Waals surface area contributed by atoms with E-state index >= 15 is 0 Å². The minimum absolute atomic E-state index is 0.0811. The number of ketones is 1. The van der Waals surface area contributed by atoms with Crippen molar-refractivity contribution in [1.29, 1.82) is 0 Å². The lowest BCUT2D eigenvalue weighted by atomic mass is 9.73. The molecule has 1 heterocycles. The van der Waals surface area contributed by atoms with Gasteiger partial charge in [0, 0.05) is 36.9 Å². The normalized spacial score (nSPS) is 28.1. The Bertz CT molecular complexity index is 483. The number of anilines is 1. The van der Waals surface area contributed by atoms with Crippen molar-refractivity contribution in [2.24, 2.45) is 5.41 Å². The van der Waals surface area contributed by atoms with Crippen molar-refractivity contribution in [2.75, 3.05) is 11.4 Å². The molecule has 1 atom stereocenters. The first-order valence-corrected chi connectivity index (χ1v) is 6.56. The molecule has 18 heavy (non-hydrogen) atoms. The molecule has 1 spiro atoms. The molecule has 0 bridgehead atoms. The van der Waals surface area contributed by atoms with Crippen molar-refractivity contribution < 1.29 is 9.59 Å². The lowest BCUT2D eigenvalue weighted by Crippen LogP contribution is -2.32. The van der Waals surface area contributed by atoms with Gasteiger partial charge in [-0.2, -0.15) is 0 Å². The van der Waals surface area contributed by atoms with Crippen molar-refractivity contribution >= 4 is 17.4 Å². The van der Waals surface area contributed by atoms with Crippen molar-refractivity contribution in [3.8, 4) is 0 Å². The molecule has 1 aliphatic carbocycles. The molecular formula is C15H17NO2. The molecule has 0 aromatic heterocycles. The first kappa shape index (κ1) is 11.5. The van der Waals surface area contributed by atoms with Crippen LogP contribution < -0.4 is 4.90 Å². The molecular weight excluding hydrogens is 226 g/mol. The molecule has 0 N–H and O–H groups in total. The van der Waals surface area contributed by atoms with Crippen LogP contribution >= 0.6 is 0 Å². The van der Waals surface area contributed by atoms with Crippen molar-refractivity contribution in [3.63, 3.8) is 0 Å². The molecule has 1 unspecified atom stereocenters. The highest BCUT2D eigenvalue weighted by Crippen LogP contribution is 2.44. The molecule has 3 heteroatoms. The number of hydrogen-bond donors (Lipinski definition) is 0. The van der Waals surface area contributed by atoms with Gasteiger partial charge in [0.1, 0.15) is 5.78 Å². The fourth-order valence-electron chi connectivity index (χ4n) is 3.28. The lowest BCUT2D eigenvalue weighted by Gasteiger charge is -2.31. The van der Waals surface area contributed by atoms with Gasteiger partial charge in [-0.15, -0.1) is 0 Å². The molecule has 1 aliphatic heterocycles. The first-order valence-electron chi connectivity index (χ1n) is 6.56. The minimum atomic E-state index is -0.0811. The van der Waals surface area contributed by atoms with E-state index in [0.29, 0.717) is 31.6 Å². The van der Waals surface area contributed by atoms with E-state index in [1.54, 1.807) is 0 Å². The van der Waals surface area contributed by atoms with Crippen LogP contribution in [0.25, 0.3) is 0 Å². The van der Waals surface area contributed by atoms with Crippen LogP contribution in [0.3, 0.4) is 0 Å². The quantitative estimate of drug-likeness (QED) is 0.760. The maximum atomic E-state index is 12.2. The molecule has 1 amide bonds. The Morgan fingerprint density at radius 2 is 1.83 bits per heavy atom. The van der Waals surface area contributed by atoms with Crippen LogP contribution in [0.2, 0.25) is 0 Å². The summed E-state index contributed by atoms with van der Waals surface area (Å²) in [6.45, 7) is 0.710. The van der Waals surface area contributed by atoms with E-state index in [4.69, 9.17) is 0 Å². The zero-order valence-electron chi connectivity index (χ0n) is 10.4. The van der Waals surface area contributed by atoms with Gasteiger partial charge in [-0.05, 0) is 25.0 Å². The van der Waals surface area contributed by atoms with Gasteiger partial charge < -0.3 is 4.90 Å². The molecule has 1 aromatic rings. The van der Waals surface area contributed by atoms with Crippen molar-refractivity contribution in [2.45, 2.75) is 32.1 Å². The second-order valence-electron chi connectivity index (χ2n) is 5.56. The van der Waals surface area contributed by atoms with Gasteiger partial charge in [-0.3, -0.25) is 9.59 Å². The number of Topliss-reactive ketones (excluding diaryl/α,β-unsaturated/α-hetero) is 1. The molecule has 3 nitrogen and oxygen atoms in total. The fraction of sp³-hybridized carbons (Fsp3) is 0.467. The molecule has 2 fully saturated rings. The van der Waals surface area contributed by atoms with Gasteiger partial charge >= 0.3 is 0 Å². The van der Waals surface area contributed by atoms with Crippen molar-refractivity contribution in [1.82, 2.24) is 0 Å². The summed E-state index contributed by atoms with van der Waals surface area (Å²) in [5, 5.41) is 0. The van der Waals surface area contributed by atoms with E-state index in [9.17, 15) is 9.59 Å². The third-order valence-corrected chi connectivity index (χ3v) is 4.12. The maximum Gasteiger partial charge on any atom is 0.227 e. The Labute approximate surface area is 107 Å². The summed E-state index contributed by atoms with van der Waals surface area (Å²) in [7, 11) is 0. The minimum Gasteiger partial charge on any atom is -0.312 e. The van der Waals surface area contributed by atoms with Gasteiger partial charge in [-0.1, -0.05) is 18.2 Å². The Kier molecular flexibility index (Phi) is 2.69. The zero-order valence-corrected chi connectivity index (χ0v) is 10.4. The second-order valence-corrected chi connectivity index (χ2v) is 5.56. The summed E-state index contributed by atoms with van der Waals surface area (Å²) in [5.74, 6) is 0.486. The molecule has 1 aromatic carbocycles. The van der Waals surface area contributed by atoms with Gasteiger partial charge in [0.2, 0.25) is 5.91 Å². The Balaban J connectivity index is 1.84. The highest BCUT2D eigenvalue weighted by Gasteiger charge is 2.45. The lowest BCUT2D eigenvalue weighted by molar-refractivity contribution is -0.124. The van der Waals surface area contributed by atoms with Crippen LogP contribution in [0.4, 0.5) is 5.69 Å². The number of para-hydroxylation sites is 1. The van der Waals surface area contributed by atoms with E-state index in [2.05, 4.69) is 0 Å². The summed E-state index contributed by atoms with van der Waals surface area (Å²) < 4.78 is 0. The summed E-state index contributed by atoms with van der Waals surface area (Å²) in [6, 6.07) is 9.76. The predicted octanol–water partition coefficient (Wildman–Crippen LogP) is 2.55. The fourth-order valence-corrected chi connectivity index (χ4v) is 3.28. The zero-order chi connectivity index (χ0) is 12.6. The number of benzene rings is 1. The molecule has 94 valence electrons. The molecule has 1 saturated carbocycles. The number of carbonyl (C=O) groups is 2. The third kappa shape index (κ3) is 1.94. The molecule has 1 saturated heterocycles. The SMILES string of the molecule is O=C1CCCC2(C1)CC(=O)N(c1ccccc1)C2. The van der Waals surface area contributed by atoms with E-state index in [1.165, 1.54) is 0 Å². The third-order valence-electron chi connectivity index (χ3n) is 4.12. The Hall–Kier alpha value is -1.64. The Morgan fingerprint density at radius 3 is 2.56 bits per heavy atom. The van der Waals surface area contributed by atoms with Crippen LogP contribution in [-0.4, -0.2) is 18.2 Å². The number of nitrogens with zero attached hydrogens (tertiary/aromatic N) is 1. The topological polar surface area (TPSA) is 37.4 Å². The number of carbonyl (C=O) groups excluding carboxylic acids is 2. The first-order chi connectivity index (χ1) is 8.69. The Morgan fingerprint density at radius 1 is 1.06 bits per heavy atom. The van der Waals surface area contributed by atoms with E-state index < -0.39 is 0 Å². The van der Waals surface area contributed by atoms with Gasteiger partial charge in [-0.25, -0.2) is 0 Å². The van der Waals surface area contributed by atoms with Gasteiger partial charge in [0.25, 0.3) is 0 Å². The van der Waals surface area contributed by atoms with Crippen molar-refractivity contribution in [3.05, 3.63) is 30.3 Å². The summed E-state index contributed by atoms with van der Waals surface area (Å²) >= 11 is 0. The van der Waals surface area contributed by atoms with Crippen LogP contribution in [-0.2, 0) is 9.59 Å². The average molecular weight is 243 g/mol. The van der Waals surface area contributed by atoms with E-state index in [-0.39, 0.29) is 11.3 Å². The van der Waals surface area contributed by atoms with E-state index in [1.807, 2.05) is 35.2 Å². The van der Waals surface area contributed by atoms with Crippen LogP contribution in [0, 0.1) is 5.41 Å². The highest BCUT2D eigenvalue weighted by atomic mass is 16.2. The maximum absolute atomic E-state index is 12.2. The average Bonchev–Trinajstić information content (AvgIpc) is 2.67. The van der Waals surface area contributed by atoms with Crippen LogP contribution in [0.15, 0.2) is 30.3 Å². The van der Waals surface area contributed by atoms with Crippen LogP contribution in [0.5, 0.6) is 0 Å². The molecule has 3 rings (SSSR count). The summed E-state index contributed by atoms with van der Waals surface area (Å²) in [6.07, 6.45) is 3.76. The van der Waals surface area contributed by atoms with Crippen LogP contribution in [0.1, 0.15) is 32.1 Å². The number of amides is 1. The largest absolute Gasteiger partial charge is 0.312 e. The molecule has 0 radical (unpaired) electrons. The number of rotatable bonds is 1. The smallest absolute Gasteiger partial charge is 0.227 e. The number of hydrogen-bond acceptors (Lipinski definition) is 2. The van der Waals surface area contributed by atoms with Gasteiger partial charge in [0.05, 0.1) is 0 Å². The summed E-state index contributed by atoms with van der Waals surface area (Å²) in [4.78, 5) is 25.7. The monoisotopic (exact) mass is 243 g/mol. The predicted molar refractivity (Wildman–Crippen MR) is 69.3 cm³/mol.